The molecule has 7 heavy (non-hydrogen) atoms. The van der Waals surface area contributed by atoms with Crippen LogP contribution >= 0.6 is 0 Å². The molecule has 0 amide bonds. The molecule has 0 aromatic heterocycles. The van der Waals surface area contributed by atoms with Crippen LogP contribution in [-0.4, -0.2) is 0 Å². The second-order valence-corrected chi connectivity index (χ2v) is 1.64. The number of nitrogens with two attached hydrogens (primary N) is 1. The van der Waals surface area contributed by atoms with Crippen molar-refractivity contribution in [3.8, 4) is 0 Å². The largest absolute Gasteiger partial charge is 2.00 e. The van der Waals surface area contributed by atoms with Gasteiger partial charge in [-0.25, -0.2) is 6.42 Å². The average Bonchev–Trinajstić information content (AvgIpc) is 2.12. The molecule has 0 bridgehead atoms. The van der Waals surface area contributed by atoms with Crippen LogP contribution < -0.4 is 0 Å². The third kappa shape index (κ3) is 4.87. The monoisotopic (exact) mass is 323 g/mol. The van der Waals surface area contributed by atoms with Crippen LogP contribution in [0.5, 0.6) is 0 Å². The second kappa shape index (κ2) is 5.15. The maximum absolute atomic E-state index is 2.35. The van der Waals surface area contributed by atoms with Gasteiger partial charge < -0.3 is 12.6 Å². The summed E-state index contributed by atoms with van der Waals surface area (Å²) >= 11 is 0. The third-order valence-corrected chi connectivity index (χ3v) is 1.09. The van der Waals surface area contributed by atoms with Crippen LogP contribution in [0, 0.1) is 43.5 Å². The summed E-state index contributed by atoms with van der Waals surface area (Å²) in [6.07, 6.45) is 5.09. The Kier molecular flexibility index (Phi) is 8.03. The van der Waals surface area contributed by atoms with E-state index in [9.17, 15) is 0 Å². The fourth-order valence-corrected chi connectivity index (χ4v) is 0.430. The SMILES string of the molecule is CCC1[CH-]C1.[NH2-].[U+2]. The van der Waals surface area contributed by atoms with E-state index in [-0.39, 0.29) is 37.3 Å². The molecule has 1 aliphatic carbocycles. The van der Waals surface area contributed by atoms with Crippen molar-refractivity contribution in [1.29, 1.82) is 0 Å². The molecule has 0 radical (unpaired) electrons. The molecule has 0 aromatic carbocycles. The minimum absolute atomic E-state index is 0. The summed E-state index contributed by atoms with van der Waals surface area (Å²) < 4.78 is 0. The first-order valence-electron chi connectivity index (χ1n) is 2.27. The molecule has 0 aromatic rings. The molecule has 1 nitrogen and oxygen atoms in total. The van der Waals surface area contributed by atoms with Gasteiger partial charge in [-0.3, -0.25) is 0 Å². The first kappa shape index (κ1) is 10.9. The minimum atomic E-state index is 0. The van der Waals surface area contributed by atoms with Crippen LogP contribution in [0.2, 0.25) is 0 Å². The van der Waals surface area contributed by atoms with Gasteiger partial charge in [0.25, 0.3) is 0 Å². The summed E-state index contributed by atoms with van der Waals surface area (Å²) in [6, 6.07) is 0. The van der Waals surface area contributed by atoms with E-state index in [0.29, 0.717) is 0 Å². The summed E-state index contributed by atoms with van der Waals surface area (Å²) in [5, 5.41) is 0. The van der Waals surface area contributed by atoms with Gasteiger partial charge in [-0.1, -0.05) is 13.3 Å². The van der Waals surface area contributed by atoms with Gasteiger partial charge in [0, 0.05) is 0 Å². The van der Waals surface area contributed by atoms with E-state index in [1.54, 1.807) is 0 Å². The summed E-state index contributed by atoms with van der Waals surface area (Å²) in [7, 11) is 0. The van der Waals surface area contributed by atoms with Crippen molar-refractivity contribution in [3.05, 3.63) is 12.6 Å². The van der Waals surface area contributed by atoms with Gasteiger partial charge in [0.05, 0.1) is 0 Å². The molecule has 1 atom stereocenters. The molecule has 0 spiro atoms. The Hall–Kier alpha value is 1.01. The number of hydrogen-bond acceptors (Lipinski definition) is 0. The van der Waals surface area contributed by atoms with E-state index >= 15 is 0 Å². The average molecular weight is 323 g/mol. The zero-order valence-corrected chi connectivity index (χ0v) is 8.81. The normalized spacial score (nSPS) is 24.4. The van der Waals surface area contributed by atoms with Gasteiger partial charge in [0.1, 0.15) is 0 Å². The van der Waals surface area contributed by atoms with Crippen molar-refractivity contribution in [2.24, 2.45) is 5.92 Å². The Morgan fingerprint density at radius 1 is 1.71 bits per heavy atom. The summed E-state index contributed by atoms with van der Waals surface area (Å²) in [6.45, 7) is 2.23. The molecule has 0 heterocycles. The van der Waals surface area contributed by atoms with Crippen molar-refractivity contribution < 1.29 is 31.1 Å². The van der Waals surface area contributed by atoms with Crippen molar-refractivity contribution in [2.45, 2.75) is 19.8 Å². The van der Waals surface area contributed by atoms with Crippen LogP contribution in [0.4, 0.5) is 0 Å². The molecule has 2 heteroatoms. The Morgan fingerprint density at radius 3 is 2.14 bits per heavy atom. The zero-order valence-electron chi connectivity index (χ0n) is 4.65. The van der Waals surface area contributed by atoms with Crippen LogP contribution in [0.1, 0.15) is 19.8 Å². The summed E-state index contributed by atoms with van der Waals surface area (Å²) in [5.41, 5.74) is 0. The first-order chi connectivity index (χ1) is 2.43. The first-order valence-corrected chi connectivity index (χ1v) is 2.27. The number of rotatable bonds is 1. The fourth-order valence-electron chi connectivity index (χ4n) is 0.430. The summed E-state index contributed by atoms with van der Waals surface area (Å²) in [5.74, 6) is 1.01. The second-order valence-electron chi connectivity index (χ2n) is 1.64. The van der Waals surface area contributed by atoms with E-state index in [4.69, 9.17) is 0 Å². The van der Waals surface area contributed by atoms with E-state index in [1.165, 1.54) is 12.8 Å². The molecule has 1 unspecified atom stereocenters. The van der Waals surface area contributed by atoms with Gasteiger partial charge in [-0.2, -0.15) is 5.92 Å². The minimum Gasteiger partial charge on any atom is -0.693 e. The molecule has 1 saturated carbocycles. The van der Waals surface area contributed by atoms with E-state index < -0.39 is 0 Å². The van der Waals surface area contributed by atoms with Crippen LogP contribution in [-0.2, 0) is 0 Å². The van der Waals surface area contributed by atoms with Crippen LogP contribution in [0.15, 0.2) is 0 Å². The van der Waals surface area contributed by atoms with Gasteiger partial charge in [-0.05, 0) is 0 Å². The Balaban J connectivity index is 0. The predicted molar refractivity (Wildman–Crippen MR) is 28.0 cm³/mol. The van der Waals surface area contributed by atoms with Crippen LogP contribution in [0.25, 0.3) is 6.15 Å². The van der Waals surface area contributed by atoms with Crippen LogP contribution in [0.3, 0.4) is 0 Å². The third-order valence-electron chi connectivity index (χ3n) is 1.09. The Labute approximate surface area is 69.2 Å². The van der Waals surface area contributed by atoms with E-state index in [1.807, 2.05) is 0 Å². The maximum atomic E-state index is 2.35. The van der Waals surface area contributed by atoms with E-state index in [2.05, 4.69) is 13.3 Å². The summed E-state index contributed by atoms with van der Waals surface area (Å²) in [4.78, 5) is 0. The maximum Gasteiger partial charge on any atom is 2.00 e. The smallest absolute Gasteiger partial charge is 0.693 e. The molecule has 1 fully saturated rings. The Bertz CT molecular complexity index is 35.1. The molecule has 1 aliphatic rings. The molecular formula is C5H11NU. The molecule has 40 valence electrons. The number of hydrogen-bond donors (Lipinski definition) is 0. The van der Waals surface area contributed by atoms with Crippen molar-refractivity contribution in [1.82, 2.24) is 0 Å². The van der Waals surface area contributed by atoms with Gasteiger partial charge in [-0.15, -0.1) is 0 Å². The van der Waals surface area contributed by atoms with Gasteiger partial charge >= 0.3 is 31.1 Å². The van der Waals surface area contributed by atoms with Crippen molar-refractivity contribution >= 4 is 0 Å². The van der Waals surface area contributed by atoms with Gasteiger partial charge in [0.15, 0.2) is 0 Å². The molecule has 0 saturated heterocycles. The molecule has 2 N–H and O–H groups in total. The topological polar surface area (TPSA) is 33.5 Å². The van der Waals surface area contributed by atoms with E-state index in [0.717, 1.165) is 5.92 Å². The quantitative estimate of drug-likeness (QED) is 0.664. The fraction of sp³-hybridized carbons (Fsp3) is 0.800. The van der Waals surface area contributed by atoms with Crippen molar-refractivity contribution in [3.63, 3.8) is 0 Å². The molecule has 0 aliphatic heterocycles. The standard InChI is InChI=1S/C5H9.H2N.U/c1-2-5-3-4-5;;/h3,5H,2,4H2,1H3;1H2;/q2*-1;+2. The predicted octanol–water partition coefficient (Wildman–Crippen LogP) is 2.34. The molecular weight excluding hydrogens is 312 g/mol. The molecule has 1 rings (SSSR count). The Morgan fingerprint density at radius 2 is 2.14 bits per heavy atom. The van der Waals surface area contributed by atoms with Crippen molar-refractivity contribution in [2.75, 3.05) is 0 Å². The van der Waals surface area contributed by atoms with Gasteiger partial charge in [0.2, 0.25) is 0 Å². The zero-order chi connectivity index (χ0) is 3.70.